The summed E-state index contributed by atoms with van der Waals surface area (Å²) in [5.41, 5.74) is 0. The van der Waals surface area contributed by atoms with Gasteiger partial charge in [0.2, 0.25) is 4.75 Å². The summed E-state index contributed by atoms with van der Waals surface area (Å²) in [7, 11) is -5.10. The summed E-state index contributed by atoms with van der Waals surface area (Å²) in [6.07, 6.45) is 7.18. The second kappa shape index (κ2) is 8.03. The molecule has 0 aromatic carbocycles. The summed E-state index contributed by atoms with van der Waals surface area (Å²) in [6.45, 7) is 0. The van der Waals surface area contributed by atoms with E-state index in [1.807, 2.05) is 0 Å². The second-order valence-corrected chi connectivity index (χ2v) is 9.24. The van der Waals surface area contributed by atoms with Gasteiger partial charge in [0.15, 0.2) is 0 Å². The van der Waals surface area contributed by atoms with Crippen LogP contribution < -0.4 is 0 Å². The maximum Gasteiger partial charge on any atom is 0.328 e. The molecule has 0 amide bonds. The maximum atomic E-state index is 12.3. The smallest absolute Gasteiger partial charge is 0.328 e. The molecule has 25 heavy (non-hydrogen) atoms. The minimum atomic E-state index is -5.10. The first-order valence-corrected chi connectivity index (χ1v) is 10.6. The predicted octanol–water partition coefficient (Wildman–Crippen LogP) is 2.95. The van der Waals surface area contributed by atoms with Gasteiger partial charge in [0.1, 0.15) is 0 Å². The SMILES string of the molecule is O=C(O)CC(C(=O)O)(C(C1CCCCC1)C1CCCCC1)S(=O)(=O)O. The number of hydrogen-bond donors (Lipinski definition) is 3. The molecular weight excluding hydrogens is 348 g/mol. The minimum absolute atomic E-state index is 0.186. The average molecular weight is 376 g/mol. The highest BCUT2D eigenvalue weighted by molar-refractivity contribution is 7.88. The monoisotopic (exact) mass is 376 g/mol. The van der Waals surface area contributed by atoms with E-state index in [4.69, 9.17) is 0 Å². The van der Waals surface area contributed by atoms with Gasteiger partial charge in [0.05, 0.1) is 6.42 Å². The lowest BCUT2D eigenvalue weighted by atomic mass is 9.63. The summed E-state index contributed by atoms with van der Waals surface area (Å²) in [5.74, 6) is -4.49. The predicted molar refractivity (Wildman–Crippen MR) is 90.8 cm³/mol. The normalized spacial score (nSPS) is 23.3. The fourth-order valence-electron chi connectivity index (χ4n) is 5.07. The van der Waals surface area contributed by atoms with Gasteiger partial charge in [-0.25, -0.2) is 0 Å². The van der Waals surface area contributed by atoms with Gasteiger partial charge >= 0.3 is 11.9 Å². The zero-order valence-corrected chi connectivity index (χ0v) is 15.2. The second-order valence-electron chi connectivity index (χ2n) is 7.56. The highest BCUT2D eigenvalue weighted by Gasteiger charge is 2.61. The Labute approximate surface area is 148 Å². The lowest BCUT2D eigenvalue weighted by Crippen LogP contribution is -2.58. The van der Waals surface area contributed by atoms with Gasteiger partial charge in [0.25, 0.3) is 10.1 Å². The van der Waals surface area contributed by atoms with Crippen molar-refractivity contribution in [2.24, 2.45) is 17.8 Å². The van der Waals surface area contributed by atoms with Crippen molar-refractivity contribution < 1.29 is 32.8 Å². The van der Waals surface area contributed by atoms with Crippen molar-refractivity contribution in [2.75, 3.05) is 0 Å². The molecule has 0 aliphatic heterocycles. The van der Waals surface area contributed by atoms with Crippen LogP contribution in [0, 0.1) is 17.8 Å². The summed E-state index contributed by atoms with van der Waals surface area (Å²) < 4.78 is 31.8. The summed E-state index contributed by atoms with van der Waals surface area (Å²) in [4.78, 5) is 23.5. The molecule has 0 heterocycles. The molecule has 0 spiro atoms. The molecule has 0 aromatic rings. The zero-order chi connectivity index (χ0) is 18.7. The number of hydrogen-bond acceptors (Lipinski definition) is 4. The number of carboxylic acids is 2. The van der Waals surface area contributed by atoms with E-state index >= 15 is 0 Å². The highest BCUT2D eigenvalue weighted by Crippen LogP contribution is 2.49. The quantitative estimate of drug-likeness (QED) is 0.582. The van der Waals surface area contributed by atoms with Crippen LogP contribution in [0.15, 0.2) is 0 Å². The number of carboxylic acid groups (broad SMARTS) is 2. The van der Waals surface area contributed by atoms with E-state index in [1.54, 1.807) is 0 Å². The van der Waals surface area contributed by atoms with Gasteiger partial charge in [-0.1, -0.05) is 64.2 Å². The molecule has 2 rings (SSSR count). The lowest BCUT2D eigenvalue weighted by molar-refractivity contribution is -0.150. The van der Waals surface area contributed by atoms with Gasteiger partial charge in [-0.15, -0.1) is 0 Å². The van der Waals surface area contributed by atoms with Gasteiger partial charge in [-0.3, -0.25) is 14.1 Å². The van der Waals surface area contributed by atoms with Crippen molar-refractivity contribution in [3.8, 4) is 0 Å². The molecular formula is C17H28O7S. The van der Waals surface area contributed by atoms with E-state index in [-0.39, 0.29) is 11.8 Å². The van der Waals surface area contributed by atoms with Crippen LogP contribution in [-0.2, 0) is 19.7 Å². The Balaban J connectivity index is 2.57. The molecule has 2 aliphatic rings. The van der Waals surface area contributed by atoms with Crippen LogP contribution in [0.3, 0.4) is 0 Å². The zero-order valence-electron chi connectivity index (χ0n) is 14.4. The Morgan fingerprint density at radius 2 is 1.28 bits per heavy atom. The Hall–Kier alpha value is -1.15. The topological polar surface area (TPSA) is 129 Å². The van der Waals surface area contributed by atoms with Crippen LogP contribution in [0.1, 0.15) is 70.6 Å². The Bertz CT molecular complexity index is 570. The molecule has 0 bridgehead atoms. The maximum absolute atomic E-state index is 12.3. The third kappa shape index (κ3) is 4.16. The molecule has 2 aliphatic carbocycles. The van der Waals surface area contributed by atoms with E-state index in [0.29, 0.717) is 25.7 Å². The van der Waals surface area contributed by atoms with Gasteiger partial charge in [-0.2, -0.15) is 8.42 Å². The summed E-state index contributed by atoms with van der Waals surface area (Å²) in [5, 5.41) is 19.1. The third-order valence-corrected chi connectivity index (χ3v) is 7.60. The molecule has 2 saturated carbocycles. The summed E-state index contributed by atoms with van der Waals surface area (Å²) >= 11 is 0. The van der Waals surface area contributed by atoms with E-state index in [2.05, 4.69) is 0 Å². The molecule has 2 fully saturated rings. The molecule has 0 aromatic heterocycles. The van der Waals surface area contributed by atoms with Crippen LogP contribution in [0.2, 0.25) is 0 Å². The first-order valence-electron chi connectivity index (χ1n) is 9.12. The van der Waals surface area contributed by atoms with E-state index in [1.165, 1.54) is 0 Å². The Morgan fingerprint density at radius 1 is 0.880 bits per heavy atom. The Kier molecular flexibility index (Phi) is 6.48. The largest absolute Gasteiger partial charge is 0.481 e. The van der Waals surface area contributed by atoms with Crippen molar-refractivity contribution in [3.05, 3.63) is 0 Å². The molecule has 3 N–H and O–H groups in total. The summed E-state index contributed by atoms with van der Waals surface area (Å²) in [6, 6.07) is 0. The molecule has 1 atom stereocenters. The van der Waals surface area contributed by atoms with E-state index in [9.17, 15) is 32.8 Å². The van der Waals surface area contributed by atoms with Crippen molar-refractivity contribution in [1.29, 1.82) is 0 Å². The van der Waals surface area contributed by atoms with Gasteiger partial charge < -0.3 is 10.2 Å². The number of rotatable bonds is 7. The molecule has 144 valence electrons. The van der Waals surface area contributed by atoms with Crippen LogP contribution in [-0.4, -0.2) is 39.9 Å². The molecule has 0 saturated heterocycles. The van der Waals surface area contributed by atoms with Crippen LogP contribution in [0.5, 0.6) is 0 Å². The van der Waals surface area contributed by atoms with Crippen LogP contribution in [0.25, 0.3) is 0 Å². The highest BCUT2D eigenvalue weighted by atomic mass is 32.2. The van der Waals surface area contributed by atoms with Gasteiger partial charge in [0, 0.05) is 0 Å². The molecule has 1 unspecified atom stereocenters. The first-order chi connectivity index (χ1) is 11.7. The molecule has 0 radical (unpaired) electrons. The third-order valence-electron chi connectivity index (χ3n) is 6.09. The van der Waals surface area contributed by atoms with E-state index in [0.717, 1.165) is 38.5 Å². The fourth-order valence-corrected chi connectivity index (χ4v) is 6.32. The average Bonchev–Trinajstić information content (AvgIpc) is 2.54. The first kappa shape index (κ1) is 20.2. The van der Waals surface area contributed by atoms with Crippen LogP contribution in [0.4, 0.5) is 0 Å². The fraction of sp³-hybridized carbons (Fsp3) is 0.882. The van der Waals surface area contributed by atoms with Crippen LogP contribution >= 0.6 is 0 Å². The van der Waals surface area contributed by atoms with Crippen molar-refractivity contribution in [3.63, 3.8) is 0 Å². The lowest BCUT2D eigenvalue weighted by Gasteiger charge is -2.45. The molecule has 8 heteroatoms. The standard InChI is InChI=1S/C17H28O7S/c18-14(19)11-17(16(20)21,25(22,23)24)15(12-7-3-1-4-8-12)13-9-5-2-6-10-13/h12-13,15H,1-11H2,(H,18,19)(H,20,21)(H,22,23,24). The van der Waals surface area contributed by atoms with Crippen molar-refractivity contribution in [1.82, 2.24) is 0 Å². The van der Waals surface area contributed by atoms with Crippen molar-refractivity contribution in [2.45, 2.75) is 75.4 Å². The van der Waals surface area contributed by atoms with Gasteiger partial charge in [-0.05, 0) is 17.8 Å². The van der Waals surface area contributed by atoms with Crippen molar-refractivity contribution >= 4 is 22.1 Å². The minimum Gasteiger partial charge on any atom is -0.481 e. The number of aliphatic carboxylic acids is 2. The molecule has 7 nitrogen and oxygen atoms in total. The Morgan fingerprint density at radius 3 is 1.56 bits per heavy atom. The van der Waals surface area contributed by atoms with E-state index < -0.39 is 39.1 Å². The number of carbonyl (C=O) groups is 2.